The maximum atomic E-state index is 12.7. The molecule has 0 bridgehead atoms. The first-order valence-electron chi connectivity index (χ1n) is 14.2. The fourth-order valence-corrected chi connectivity index (χ4v) is 6.27. The molecule has 0 spiro atoms. The average Bonchev–Trinajstić information content (AvgIpc) is 3.43. The number of morpholine rings is 1. The number of amides is 3. The molecule has 3 aliphatic rings. The normalized spacial score (nSPS) is 19.6. The molecule has 212 valence electrons. The molecule has 2 aliphatic heterocycles. The molecular weight excluding hydrogens is 516 g/mol. The minimum Gasteiger partial charge on any atom is -0.493 e. The van der Waals surface area contributed by atoms with Crippen LogP contribution in [0.3, 0.4) is 0 Å². The minimum absolute atomic E-state index is 0.147. The van der Waals surface area contributed by atoms with Crippen molar-refractivity contribution in [1.29, 1.82) is 0 Å². The van der Waals surface area contributed by atoms with Gasteiger partial charge in [-0.3, -0.25) is 20.4 Å². The van der Waals surface area contributed by atoms with Gasteiger partial charge in [-0.05, 0) is 43.4 Å². The number of ether oxygens (including phenoxy) is 2. The quantitative estimate of drug-likeness (QED) is 0.511. The molecule has 11 heteroatoms. The third-order valence-corrected chi connectivity index (χ3v) is 8.49. The van der Waals surface area contributed by atoms with Gasteiger partial charge in [-0.1, -0.05) is 25.3 Å². The van der Waals surface area contributed by atoms with Gasteiger partial charge in [0.25, 0.3) is 0 Å². The van der Waals surface area contributed by atoms with Crippen LogP contribution in [0.5, 0.6) is 5.75 Å². The van der Waals surface area contributed by atoms with Crippen LogP contribution in [0.2, 0.25) is 0 Å². The summed E-state index contributed by atoms with van der Waals surface area (Å²) in [4.78, 5) is 34.0. The Hall–Kier alpha value is -2.73. The lowest BCUT2D eigenvalue weighted by Gasteiger charge is -2.35. The monoisotopic (exact) mass is 556 g/mol. The molecular formula is C28H40N6O4S. The van der Waals surface area contributed by atoms with E-state index in [-0.39, 0.29) is 11.9 Å². The largest absolute Gasteiger partial charge is 0.493 e. The molecule has 2 N–H and O–H groups in total. The van der Waals surface area contributed by atoms with E-state index < -0.39 is 0 Å². The van der Waals surface area contributed by atoms with E-state index in [4.69, 9.17) is 14.5 Å². The highest BCUT2D eigenvalue weighted by Crippen LogP contribution is 2.38. The number of carbonyl (C=O) groups is 2. The van der Waals surface area contributed by atoms with Crippen LogP contribution in [0, 0.1) is 0 Å². The van der Waals surface area contributed by atoms with Crippen LogP contribution in [0.4, 0.5) is 9.93 Å². The molecule has 2 aromatic rings. The first-order valence-corrected chi connectivity index (χ1v) is 15.1. The number of hydrazine groups is 1. The topological polar surface area (TPSA) is 99.3 Å². The zero-order valence-electron chi connectivity index (χ0n) is 22.8. The second kappa shape index (κ2) is 13.6. The van der Waals surface area contributed by atoms with Crippen molar-refractivity contribution >= 4 is 28.4 Å². The third-order valence-electron chi connectivity index (χ3n) is 7.74. The Morgan fingerprint density at radius 2 is 1.85 bits per heavy atom. The van der Waals surface area contributed by atoms with E-state index in [0.717, 1.165) is 30.1 Å². The van der Waals surface area contributed by atoms with Crippen molar-refractivity contribution in [2.45, 2.75) is 44.9 Å². The summed E-state index contributed by atoms with van der Waals surface area (Å²) >= 11 is 1.41. The van der Waals surface area contributed by atoms with Crippen LogP contribution in [-0.4, -0.2) is 97.4 Å². The van der Waals surface area contributed by atoms with E-state index in [9.17, 15) is 9.59 Å². The number of hydrogen-bond acceptors (Lipinski definition) is 8. The predicted octanol–water partition coefficient (Wildman–Crippen LogP) is 3.77. The van der Waals surface area contributed by atoms with Gasteiger partial charge in [0.15, 0.2) is 5.13 Å². The van der Waals surface area contributed by atoms with Gasteiger partial charge in [-0.2, -0.15) is 0 Å². The van der Waals surface area contributed by atoms with Crippen LogP contribution in [0.15, 0.2) is 23.6 Å². The Balaban J connectivity index is 1.13. The lowest BCUT2D eigenvalue weighted by atomic mass is 9.83. The molecule has 0 radical (unpaired) electrons. The summed E-state index contributed by atoms with van der Waals surface area (Å²) in [6.07, 6.45) is 6.36. The number of hydrogen-bond donors (Lipinski definition) is 2. The summed E-state index contributed by atoms with van der Waals surface area (Å²) in [5, 5.41) is 7.29. The molecule has 2 saturated heterocycles. The van der Waals surface area contributed by atoms with Gasteiger partial charge in [0.1, 0.15) is 5.75 Å². The summed E-state index contributed by atoms with van der Waals surface area (Å²) in [7, 11) is 0. The number of piperazine rings is 1. The first-order chi connectivity index (χ1) is 19.1. The lowest BCUT2D eigenvalue weighted by Crippen LogP contribution is -2.56. The van der Waals surface area contributed by atoms with Crippen LogP contribution < -0.4 is 15.5 Å². The number of nitrogens with one attached hydrogen (secondary N) is 2. The zero-order chi connectivity index (χ0) is 27.0. The number of benzene rings is 1. The van der Waals surface area contributed by atoms with Crippen molar-refractivity contribution in [3.8, 4) is 17.0 Å². The van der Waals surface area contributed by atoms with Gasteiger partial charge in [0.2, 0.25) is 5.91 Å². The molecule has 0 unspecified atom stereocenters. The van der Waals surface area contributed by atoms with Crippen LogP contribution in [0.25, 0.3) is 11.3 Å². The Kier molecular flexibility index (Phi) is 9.67. The lowest BCUT2D eigenvalue weighted by molar-refractivity contribution is -0.137. The third kappa shape index (κ3) is 7.47. The number of carbonyl (C=O) groups excluding carboxylic acids is 2. The SMILES string of the molecule is CCOc1ccc(C2CCCCC2)cc1-c1csc(NC(=O)NN2CCN(CC(=O)N3CCOCC3)CC2)n1. The van der Waals surface area contributed by atoms with E-state index in [1.165, 1.54) is 49.0 Å². The molecule has 10 nitrogen and oxygen atoms in total. The highest BCUT2D eigenvalue weighted by molar-refractivity contribution is 7.14. The number of anilines is 1. The number of rotatable bonds is 8. The second-order valence-corrected chi connectivity index (χ2v) is 11.2. The molecule has 39 heavy (non-hydrogen) atoms. The summed E-state index contributed by atoms with van der Waals surface area (Å²) in [6.45, 7) is 8.27. The average molecular weight is 557 g/mol. The van der Waals surface area contributed by atoms with Crippen molar-refractivity contribution in [2.75, 3.05) is 71.0 Å². The van der Waals surface area contributed by atoms with Gasteiger partial charge in [0.05, 0.1) is 32.1 Å². The standard InChI is InChI=1S/C28H40N6O4S/c1-2-38-25-9-8-22(21-6-4-3-5-7-21)18-23(25)24-20-39-28(29-24)30-27(36)31-34-12-10-32(11-13-34)19-26(35)33-14-16-37-17-15-33/h8-9,18,20-21H,2-7,10-17,19H2,1H3,(H2,29,30,31,36). The number of nitrogens with zero attached hydrogens (tertiary/aromatic N) is 4. The number of urea groups is 1. The van der Waals surface area contributed by atoms with Gasteiger partial charge in [-0.25, -0.2) is 14.8 Å². The Morgan fingerprint density at radius 1 is 1.08 bits per heavy atom. The van der Waals surface area contributed by atoms with Crippen LogP contribution in [0.1, 0.15) is 50.5 Å². The van der Waals surface area contributed by atoms with E-state index in [1.807, 2.05) is 22.2 Å². The fraction of sp³-hybridized carbons (Fsp3) is 0.607. The van der Waals surface area contributed by atoms with Crippen molar-refractivity contribution in [1.82, 2.24) is 25.2 Å². The Labute approximate surface area is 234 Å². The van der Waals surface area contributed by atoms with E-state index in [2.05, 4.69) is 33.8 Å². The number of aromatic nitrogens is 1. The van der Waals surface area contributed by atoms with Crippen molar-refractivity contribution in [3.05, 3.63) is 29.1 Å². The first kappa shape index (κ1) is 27.8. The molecule has 3 amide bonds. The van der Waals surface area contributed by atoms with E-state index in [1.54, 1.807) is 0 Å². The fourth-order valence-electron chi connectivity index (χ4n) is 5.56. The Bertz CT molecular complexity index is 1110. The number of thiazole rings is 1. The maximum absolute atomic E-state index is 12.7. The molecule has 0 atom stereocenters. The second-order valence-electron chi connectivity index (χ2n) is 10.4. The summed E-state index contributed by atoms with van der Waals surface area (Å²) in [5.74, 6) is 1.56. The molecule has 1 aromatic heterocycles. The van der Waals surface area contributed by atoms with Gasteiger partial charge >= 0.3 is 6.03 Å². The summed E-state index contributed by atoms with van der Waals surface area (Å²) in [6, 6.07) is 6.18. The van der Waals surface area contributed by atoms with Crippen molar-refractivity contribution in [3.63, 3.8) is 0 Å². The smallest absolute Gasteiger partial charge is 0.335 e. The van der Waals surface area contributed by atoms with E-state index in [0.29, 0.717) is 63.6 Å². The van der Waals surface area contributed by atoms with Gasteiger partial charge in [-0.15, -0.1) is 11.3 Å². The molecule has 5 rings (SSSR count). The van der Waals surface area contributed by atoms with Crippen LogP contribution in [-0.2, 0) is 9.53 Å². The maximum Gasteiger partial charge on any atom is 0.335 e. The minimum atomic E-state index is -0.310. The van der Waals surface area contributed by atoms with E-state index >= 15 is 0 Å². The zero-order valence-corrected chi connectivity index (χ0v) is 23.6. The highest BCUT2D eigenvalue weighted by Gasteiger charge is 2.24. The summed E-state index contributed by atoms with van der Waals surface area (Å²) in [5.41, 5.74) is 6.06. The molecule has 1 aromatic carbocycles. The van der Waals surface area contributed by atoms with Crippen LogP contribution >= 0.6 is 11.3 Å². The van der Waals surface area contributed by atoms with Gasteiger partial charge in [0, 0.05) is 50.2 Å². The predicted molar refractivity (Wildman–Crippen MR) is 152 cm³/mol. The van der Waals surface area contributed by atoms with Crippen molar-refractivity contribution in [2.24, 2.45) is 0 Å². The molecule has 3 heterocycles. The van der Waals surface area contributed by atoms with Gasteiger partial charge < -0.3 is 14.4 Å². The Morgan fingerprint density at radius 3 is 2.59 bits per heavy atom. The molecule has 1 saturated carbocycles. The molecule has 1 aliphatic carbocycles. The summed E-state index contributed by atoms with van der Waals surface area (Å²) < 4.78 is 11.2. The van der Waals surface area contributed by atoms with Crippen molar-refractivity contribution < 1.29 is 19.1 Å². The molecule has 3 fully saturated rings. The highest BCUT2D eigenvalue weighted by atomic mass is 32.1.